The number of nitrogens with zero attached hydrogens (tertiary/aromatic N) is 2. The van der Waals surface area contributed by atoms with E-state index >= 15 is 0 Å². The van der Waals surface area contributed by atoms with Gasteiger partial charge in [0.25, 0.3) is 0 Å². The lowest BCUT2D eigenvalue weighted by Crippen LogP contribution is -2.40. The first-order valence-corrected chi connectivity index (χ1v) is 11.4. The van der Waals surface area contributed by atoms with Gasteiger partial charge >= 0.3 is 0 Å². The van der Waals surface area contributed by atoms with E-state index in [-0.39, 0.29) is 17.5 Å². The molecule has 0 spiro atoms. The van der Waals surface area contributed by atoms with Crippen LogP contribution in [-0.2, 0) is 9.84 Å². The number of likely N-dealkylation sites (tertiary alicyclic amines) is 1. The molecule has 1 heterocycles. The third kappa shape index (κ3) is 6.61. The molecule has 6 nitrogen and oxygen atoms in total. The van der Waals surface area contributed by atoms with E-state index in [0.29, 0.717) is 19.0 Å². The summed E-state index contributed by atoms with van der Waals surface area (Å²) in [5.74, 6) is 0.981. The number of sulfone groups is 1. The number of nitrogens with one attached hydrogen (secondary N) is 2. The van der Waals surface area contributed by atoms with Gasteiger partial charge in [-0.1, -0.05) is 37.3 Å². The van der Waals surface area contributed by atoms with E-state index in [1.807, 2.05) is 13.0 Å². The first-order chi connectivity index (χ1) is 12.6. The number of benzene rings is 1. The van der Waals surface area contributed by atoms with Gasteiger partial charge < -0.3 is 10.6 Å². The predicted molar refractivity (Wildman–Crippen MR) is 108 cm³/mol. The third-order valence-electron chi connectivity index (χ3n) is 4.68. The Hall–Kier alpha value is -1.60. The van der Waals surface area contributed by atoms with Gasteiger partial charge in [0.05, 0.1) is 18.3 Å². The quantitative estimate of drug-likeness (QED) is 0.505. The molecule has 0 bridgehead atoms. The molecule has 1 aliphatic rings. The van der Waals surface area contributed by atoms with Crippen LogP contribution in [0.15, 0.2) is 35.3 Å². The van der Waals surface area contributed by atoms with Gasteiger partial charge in [0.1, 0.15) is 0 Å². The maximum Gasteiger partial charge on any atom is 0.191 e. The van der Waals surface area contributed by atoms with E-state index in [9.17, 15) is 8.42 Å². The lowest BCUT2D eigenvalue weighted by atomic mass is 10.1. The molecule has 26 heavy (non-hydrogen) atoms. The molecular formula is C19H32N4O2S. The standard InChI is InChI=1S/C19H32N4O2S/c1-3-20-19(21-12-15-26(24,25)4-2)22-16-18(23-13-8-9-14-23)17-10-6-5-7-11-17/h5-7,10-11,18H,3-4,8-9,12-16H2,1-2H3,(H2,20,21,22). The van der Waals surface area contributed by atoms with Crippen LogP contribution in [0.5, 0.6) is 0 Å². The van der Waals surface area contributed by atoms with E-state index in [0.717, 1.165) is 19.6 Å². The summed E-state index contributed by atoms with van der Waals surface area (Å²) in [7, 11) is -2.97. The van der Waals surface area contributed by atoms with Gasteiger partial charge in [-0.15, -0.1) is 0 Å². The van der Waals surface area contributed by atoms with Crippen LogP contribution in [-0.4, -0.2) is 63.5 Å². The Morgan fingerprint density at radius 2 is 1.85 bits per heavy atom. The van der Waals surface area contributed by atoms with Crippen LogP contribution in [0.1, 0.15) is 38.3 Å². The van der Waals surface area contributed by atoms with Crippen molar-refractivity contribution in [3.8, 4) is 0 Å². The molecule has 146 valence electrons. The SMILES string of the molecule is CCNC(=NCC(c1ccccc1)N1CCCC1)NCCS(=O)(=O)CC. The van der Waals surface area contributed by atoms with Crippen molar-refractivity contribution in [2.24, 2.45) is 4.99 Å². The van der Waals surface area contributed by atoms with Crippen molar-refractivity contribution >= 4 is 15.8 Å². The van der Waals surface area contributed by atoms with Gasteiger partial charge in [0.15, 0.2) is 15.8 Å². The minimum atomic E-state index is -2.97. The lowest BCUT2D eigenvalue weighted by Gasteiger charge is -2.27. The normalized spacial score (nSPS) is 17.2. The first-order valence-electron chi connectivity index (χ1n) is 9.57. The summed E-state index contributed by atoms with van der Waals surface area (Å²) in [4.78, 5) is 7.23. The van der Waals surface area contributed by atoms with Gasteiger partial charge in [-0.2, -0.15) is 0 Å². The minimum Gasteiger partial charge on any atom is -0.357 e. The summed E-state index contributed by atoms with van der Waals surface area (Å²) >= 11 is 0. The fourth-order valence-corrected chi connectivity index (χ4v) is 3.85. The predicted octanol–water partition coefficient (Wildman–Crippen LogP) is 1.81. The summed E-state index contributed by atoms with van der Waals surface area (Å²) in [6.45, 7) is 7.67. The highest BCUT2D eigenvalue weighted by Gasteiger charge is 2.23. The van der Waals surface area contributed by atoms with Crippen molar-refractivity contribution in [1.29, 1.82) is 0 Å². The average molecular weight is 381 g/mol. The van der Waals surface area contributed by atoms with E-state index in [1.165, 1.54) is 18.4 Å². The third-order valence-corrected chi connectivity index (χ3v) is 6.38. The Morgan fingerprint density at radius 1 is 1.15 bits per heavy atom. The minimum absolute atomic E-state index is 0.127. The topological polar surface area (TPSA) is 73.8 Å². The maximum atomic E-state index is 11.7. The molecule has 2 rings (SSSR count). The van der Waals surface area contributed by atoms with Crippen molar-refractivity contribution in [2.45, 2.75) is 32.7 Å². The Balaban J connectivity index is 2.03. The average Bonchev–Trinajstić information content (AvgIpc) is 3.17. The smallest absolute Gasteiger partial charge is 0.191 e. The van der Waals surface area contributed by atoms with Crippen LogP contribution in [0, 0.1) is 0 Å². The van der Waals surface area contributed by atoms with E-state index in [4.69, 9.17) is 4.99 Å². The molecule has 2 N–H and O–H groups in total. The van der Waals surface area contributed by atoms with E-state index in [2.05, 4.69) is 39.8 Å². The zero-order valence-corrected chi connectivity index (χ0v) is 16.8. The van der Waals surface area contributed by atoms with Crippen molar-refractivity contribution in [3.63, 3.8) is 0 Å². The maximum absolute atomic E-state index is 11.7. The fourth-order valence-electron chi connectivity index (χ4n) is 3.15. The van der Waals surface area contributed by atoms with Crippen molar-refractivity contribution in [3.05, 3.63) is 35.9 Å². The van der Waals surface area contributed by atoms with Gasteiger partial charge in [0, 0.05) is 18.8 Å². The van der Waals surface area contributed by atoms with Crippen LogP contribution >= 0.6 is 0 Å². The zero-order chi connectivity index (χ0) is 18.8. The van der Waals surface area contributed by atoms with E-state index < -0.39 is 9.84 Å². The Labute approximate surface area is 158 Å². The van der Waals surface area contributed by atoms with Crippen molar-refractivity contribution < 1.29 is 8.42 Å². The molecule has 0 amide bonds. The highest BCUT2D eigenvalue weighted by Crippen LogP contribution is 2.25. The number of hydrogen-bond donors (Lipinski definition) is 2. The molecule has 1 fully saturated rings. The number of hydrogen-bond acceptors (Lipinski definition) is 4. The van der Waals surface area contributed by atoms with Gasteiger partial charge in [-0.3, -0.25) is 9.89 Å². The summed E-state index contributed by atoms with van der Waals surface area (Å²) in [5, 5.41) is 6.36. The molecule has 1 atom stereocenters. The monoisotopic (exact) mass is 380 g/mol. The molecule has 1 saturated heterocycles. The summed E-state index contributed by atoms with van der Waals surface area (Å²) < 4.78 is 23.3. The second-order valence-electron chi connectivity index (χ2n) is 6.55. The Morgan fingerprint density at radius 3 is 2.46 bits per heavy atom. The van der Waals surface area contributed by atoms with Gasteiger partial charge in [-0.05, 0) is 38.4 Å². The molecule has 7 heteroatoms. The molecule has 1 aromatic carbocycles. The van der Waals surface area contributed by atoms with E-state index in [1.54, 1.807) is 6.92 Å². The van der Waals surface area contributed by atoms with Crippen molar-refractivity contribution in [1.82, 2.24) is 15.5 Å². The Bertz CT molecular complexity index is 655. The first kappa shape index (κ1) is 20.7. The van der Waals surface area contributed by atoms with Crippen LogP contribution in [0.25, 0.3) is 0 Å². The van der Waals surface area contributed by atoms with Crippen LogP contribution < -0.4 is 10.6 Å². The molecule has 0 saturated carbocycles. The summed E-state index contributed by atoms with van der Waals surface area (Å²) in [5.41, 5.74) is 1.28. The summed E-state index contributed by atoms with van der Waals surface area (Å²) in [6.07, 6.45) is 2.47. The highest BCUT2D eigenvalue weighted by molar-refractivity contribution is 7.91. The van der Waals surface area contributed by atoms with Crippen molar-refractivity contribution in [2.75, 3.05) is 44.2 Å². The molecule has 0 aliphatic carbocycles. The lowest BCUT2D eigenvalue weighted by molar-refractivity contribution is 0.251. The van der Waals surface area contributed by atoms with Gasteiger partial charge in [-0.25, -0.2) is 8.42 Å². The fraction of sp³-hybridized carbons (Fsp3) is 0.632. The largest absolute Gasteiger partial charge is 0.357 e. The Kier molecular flexibility index (Phi) is 8.38. The zero-order valence-electron chi connectivity index (χ0n) is 15.9. The van der Waals surface area contributed by atoms with Crippen LogP contribution in [0.2, 0.25) is 0 Å². The summed E-state index contributed by atoms with van der Waals surface area (Å²) in [6, 6.07) is 10.8. The second kappa shape index (κ2) is 10.5. The molecule has 1 unspecified atom stereocenters. The molecular weight excluding hydrogens is 348 g/mol. The molecule has 0 aromatic heterocycles. The molecule has 1 aliphatic heterocycles. The number of aliphatic imine (C=N–C) groups is 1. The molecule has 0 radical (unpaired) electrons. The van der Waals surface area contributed by atoms with Crippen LogP contribution in [0.3, 0.4) is 0 Å². The van der Waals surface area contributed by atoms with Gasteiger partial charge in [0.2, 0.25) is 0 Å². The number of rotatable bonds is 9. The number of guanidine groups is 1. The second-order valence-corrected chi connectivity index (χ2v) is 9.03. The highest BCUT2D eigenvalue weighted by atomic mass is 32.2. The van der Waals surface area contributed by atoms with Crippen LogP contribution in [0.4, 0.5) is 0 Å². The molecule has 1 aromatic rings.